The summed E-state index contributed by atoms with van der Waals surface area (Å²) in [4.78, 5) is 0. The normalized spacial score (nSPS) is 14.3. The van der Waals surface area contributed by atoms with Crippen LogP contribution < -0.4 is 0 Å². The Morgan fingerprint density at radius 3 is 0.882 bits per heavy atom. The molecule has 93 heavy (non-hydrogen) atoms. The van der Waals surface area contributed by atoms with Gasteiger partial charge in [-0.15, -0.1) is 0 Å². The summed E-state index contributed by atoms with van der Waals surface area (Å²) in [7, 11) is 0. The van der Waals surface area contributed by atoms with E-state index in [0.717, 1.165) is 66.8 Å². The second-order valence-corrected chi connectivity index (χ2v) is 27.0. The Hall–Kier alpha value is -5.66. The van der Waals surface area contributed by atoms with Crippen molar-refractivity contribution >= 4 is 0 Å². The Bertz CT molecular complexity index is 2920. The maximum absolute atomic E-state index is 12.8. The fraction of sp³-hybridized carbons (Fsp3) is 0.544. The molecule has 0 aliphatic carbocycles. The zero-order chi connectivity index (χ0) is 70.7. The average molecular weight is 1320 g/mol. The van der Waals surface area contributed by atoms with Gasteiger partial charge >= 0.3 is 18.3 Å². The minimum atomic E-state index is -5.46. The molecule has 0 aliphatic heterocycles. The topological polar surface area (TPSA) is 0 Å². The first-order valence-corrected chi connectivity index (χ1v) is 32.8. The summed E-state index contributed by atoms with van der Waals surface area (Å²) < 4.78 is 173. The Kier molecular flexibility index (Phi) is 39.8. The Balaban J connectivity index is 0.000000559. The van der Waals surface area contributed by atoms with Gasteiger partial charge in [0, 0.05) is 19.3 Å². The molecule has 0 aromatic heterocycles. The predicted molar refractivity (Wildman–Crippen MR) is 361 cm³/mol. The first kappa shape index (κ1) is 85.4. The van der Waals surface area contributed by atoms with Crippen molar-refractivity contribution in [3.8, 4) is 0 Å². The van der Waals surface area contributed by atoms with Crippen molar-refractivity contribution in [1.29, 1.82) is 0 Å². The van der Waals surface area contributed by atoms with Crippen LogP contribution in [0.1, 0.15) is 180 Å². The third-order valence-corrected chi connectivity index (χ3v) is 15.5. The van der Waals surface area contributed by atoms with Crippen molar-refractivity contribution in [2.24, 2.45) is 41.4 Å². The van der Waals surface area contributed by atoms with Crippen LogP contribution in [0.4, 0.5) is 61.5 Å². The van der Waals surface area contributed by atoms with Gasteiger partial charge < -0.3 is 0 Å². The molecule has 8 unspecified atom stereocenters. The zero-order valence-corrected chi connectivity index (χ0v) is 58.0. The Morgan fingerprint density at radius 2 is 0.624 bits per heavy atom. The summed E-state index contributed by atoms with van der Waals surface area (Å²) in [5.41, 5.74) is 14.1. The predicted octanol–water partition coefficient (Wildman–Crippen LogP) is 25.8. The monoisotopic (exact) mass is 1320 g/mol. The second kappa shape index (κ2) is 43.4. The van der Waals surface area contributed by atoms with Gasteiger partial charge in [-0.25, -0.2) is 22.0 Å². The quantitative estimate of drug-likeness (QED) is 0.0475. The van der Waals surface area contributed by atoms with E-state index in [1.54, 1.807) is 25.1 Å². The van der Waals surface area contributed by atoms with Crippen LogP contribution in [0.15, 0.2) is 146 Å². The number of aryl methyl sites for hydroxylation is 6. The SMILES string of the molecule is Cc1cccc(CC(C)CC(C)(F)F)c1.Cc1cccc(CC(C)CC(C)C(F)(F)F)c1.Cc1cccc(CC(C)CC(C)F)c1.Cc1cccc(CC(C)CC(F)(F)C(F)(F)F)c1.Cc1cccc(CC(C)CCC(F)F)c1.Cc1cccc(CC(C)CCCF)c1. The second-order valence-electron chi connectivity index (χ2n) is 27.0. The maximum Gasteiger partial charge on any atom is 0.453 e. The number of alkyl halides is 14. The minimum absolute atomic E-state index is 0.0202. The molecule has 6 rings (SSSR count). The number of rotatable bonds is 26. The third-order valence-electron chi connectivity index (χ3n) is 15.5. The van der Waals surface area contributed by atoms with Gasteiger partial charge in [0.1, 0.15) is 0 Å². The van der Waals surface area contributed by atoms with Crippen LogP contribution in [0.5, 0.6) is 0 Å². The van der Waals surface area contributed by atoms with Crippen LogP contribution >= 0.6 is 0 Å². The van der Waals surface area contributed by atoms with Crippen molar-refractivity contribution < 1.29 is 61.5 Å². The molecule has 0 N–H and O–H groups in total. The first-order chi connectivity index (χ1) is 43.1. The van der Waals surface area contributed by atoms with Crippen molar-refractivity contribution in [1.82, 2.24) is 0 Å². The molecule has 0 spiro atoms. The van der Waals surface area contributed by atoms with Gasteiger partial charge in [0.2, 0.25) is 12.3 Å². The summed E-state index contributed by atoms with van der Waals surface area (Å²) in [5, 5.41) is 0. The molecule has 0 fully saturated rings. The van der Waals surface area contributed by atoms with Gasteiger partial charge in [-0.05, 0) is 195 Å². The standard InChI is InChI=1S/C14H19F3.C13H15F5.2C13H18F2.2C13H19F/c1-10-5-4-6-13(8-10)9-11(2)7-12(3)14(15,16)17;1-9-4-3-5-11(6-9)7-10(2)8-12(14,15)13(16,17)18;1-10-5-4-6-12(7-10)8-11(2)9-13(3,14)15;1-10-4-3-5-12(8-10)9-11(2)6-7-13(14)15;1-10-5-4-6-13(8-10)9-11(2)7-12(3)14;1-11-5-3-7-13(9-11)10-12(2)6-4-8-14/h4-6,8,11-12H,7,9H2,1-3H3;3-6,10H,7-8H2,1-2H3;4-7,11H,8-9H2,1-3H3;3-5,8,11,13H,6-7,9H2,1-2H3;4-6,8,11-12H,7,9H2,1-3H3;3,5,7,9,12H,4,6,8,10H2,1-2H3. The van der Waals surface area contributed by atoms with E-state index >= 15 is 0 Å². The lowest BCUT2D eigenvalue weighted by Gasteiger charge is -2.23. The molecule has 0 saturated heterocycles. The van der Waals surface area contributed by atoms with Crippen molar-refractivity contribution in [3.63, 3.8) is 0 Å². The summed E-state index contributed by atoms with van der Waals surface area (Å²) in [5.74, 6) is -7.70. The molecule has 8 atom stereocenters. The number of benzene rings is 6. The smallest absolute Gasteiger partial charge is 0.251 e. The van der Waals surface area contributed by atoms with E-state index in [4.69, 9.17) is 0 Å². The molecule has 0 saturated carbocycles. The lowest BCUT2D eigenvalue weighted by atomic mass is 9.91. The van der Waals surface area contributed by atoms with E-state index in [0.29, 0.717) is 43.4 Å². The largest absolute Gasteiger partial charge is 0.453 e. The molecule has 6 aromatic rings. The highest BCUT2D eigenvalue weighted by molar-refractivity contribution is 5.27. The fourth-order valence-electron chi connectivity index (χ4n) is 11.3. The molecule has 14 heteroatoms. The van der Waals surface area contributed by atoms with Gasteiger partial charge in [0.15, 0.2) is 0 Å². The van der Waals surface area contributed by atoms with E-state index in [1.165, 1.54) is 52.8 Å². The van der Waals surface area contributed by atoms with Crippen molar-refractivity contribution in [2.45, 2.75) is 231 Å². The molecule has 0 amide bonds. The third kappa shape index (κ3) is 42.4. The van der Waals surface area contributed by atoms with Gasteiger partial charge in [-0.2, -0.15) is 35.1 Å². The molecule has 0 aliphatic rings. The Morgan fingerprint density at radius 1 is 0.344 bits per heavy atom. The highest BCUT2D eigenvalue weighted by Crippen LogP contribution is 2.41. The molecular weight excluding hydrogens is 1210 g/mol. The van der Waals surface area contributed by atoms with Gasteiger partial charge in [-0.1, -0.05) is 227 Å². The molecule has 522 valence electrons. The molecule has 0 radical (unpaired) electrons. The molecular formula is C79H108F14. The van der Waals surface area contributed by atoms with E-state index in [1.807, 2.05) is 109 Å². The van der Waals surface area contributed by atoms with Crippen molar-refractivity contribution in [2.75, 3.05) is 6.67 Å². The van der Waals surface area contributed by atoms with E-state index in [9.17, 15) is 61.5 Å². The molecule has 0 nitrogen and oxygen atoms in total. The van der Waals surface area contributed by atoms with Gasteiger partial charge in [-0.3, -0.25) is 4.39 Å². The first-order valence-electron chi connectivity index (χ1n) is 32.8. The van der Waals surface area contributed by atoms with E-state index in [2.05, 4.69) is 94.4 Å². The number of hydrogen-bond acceptors (Lipinski definition) is 0. The van der Waals surface area contributed by atoms with Crippen LogP contribution in [-0.4, -0.2) is 43.5 Å². The van der Waals surface area contributed by atoms with E-state index < -0.39 is 55.1 Å². The van der Waals surface area contributed by atoms with Crippen molar-refractivity contribution in [3.05, 3.63) is 212 Å². The van der Waals surface area contributed by atoms with Crippen LogP contribution in [0.2, 0.25) is 0 Å². The van der Waals surface area contributed by atoms with Gasteiger partial charge in [0.05, 0.1) is 18.8 Å². The molecule has 6 aromatic carbocycles. The lowest BCUT2D eigenvalue weighted by molar-refractivity contribution is -0.287. The van der Waals surface area contributed by atoms with Gasteiger partial charge in [0.25, 0.3) is 0 Å². The minimum Gasteiger partial charge on any atom is -0.251 e. The van der Waals surface area contributed by atoms with Crippen LogP contribution in [-0.2, 0) is 38.5 Å². The van der Waals surface area contributed by atoms with Crippen LogP contribution in [0, 0.1) is 83.0 Å². The maximum atomic E-state index is 12.8. The zero-order valence-electron chi connectivity index (χ0n) is 58.0. The average Bonchev–Trinajstić information content (AvgIpc) is 0.969. The van der Waals surface area contributed by atoms with Crippen LogP contribution in [0.3, 0.4) is 0 Å². The summed E-state index contributed by atoms with van der Waals surface area (Å²) in [6.07, 6.45) is -5.83. The van der Waals surface area contributed by atoms with E-state index in [-0.39, 0.29) is 44.2 Å². The molecule has 0 bridgehead atoms. The summed E-state index contributed by atoms with van der Waals surface area (Å²) >= 11 is 0. The molecule has 0 heterocycles. The Labute approximate surface area is 550 Å². The summed E-state index contributed by atoms with van der Waals surface area (Å²) in [6, 6.07) is 48.4. The fourth-order valence-corrected chi connectivity index (χ4v) is 11.3. The highest BCUT2D eigenvalue weighted by atomic mass is 19.4. The van der Waals surface area contributed by atoms with Crippen LogP contribution in [0.25, 0.3) is 0 Å². The lowest BCUT2D eigenvalue weighted by Crippen LogP contribution is -2.38. The number of hydrogen-bond donors (Lipinski definition) is 0. The number of halogens is 14. The summed E-state index contributed by atoms with van der Waals surface area (Å²) in [6.45, 7) is 27.3. The highest BCUT2D eigenvalue weighted by Gasteiger charge is 2.57.